The van der Waals surface area contributed by atoms with E-state index < -0.39 is 0 Å². The van der Waals surface area contributed by atoms with E-state index in [1.165, 1.54) is 0 Å². The molecule has 0 aliphatic heterocycles. The van der Waals surface area contributed by atoms with Crippen LogP contribution in [0.3, 0.4) is 0 Å². The quantitative estimate of drug-likeness (QED) is 0.867. The van der Waals surface area contributed by atoms with E-state index in [0.717, 1.165) is 22.7 Å². The summed E-state index contributed by atoms with van der Waals surface area (Å²) in [7, 11) is 1.93. The molecule has 1 aromatic heterocycles. The van der Waals surface area contributed by atoms with Crippen molar-refractivity contribution in [2.24, 2.45) is 0 Å². The fraction of sp³-hybridized carbons (Fsp3) is 0.400. The summed E-state index contributed by atoms with van der Waals surface area (Å²) in [6, 6.07) is 6.16. The van der Waals surface area contributed by atoms with Gasteiger partial charge in [-0.3, -0.25) is 0 Å². The number of nitrogens with zero attached hydrogens (tertiary/aromatic N) is 1. The Hall–Kier alpha value is -1.10. The zero-order valence-electron chi connectivity index (χ0n) is 11.9. The Balaban J connectivity index is 2.02. The zero-order chi connectivity index (χ0) is 14.5. The van der Waals surface area contributed by atoms with Gasteiger partial charge >= 0.3 is 0 Å². The van der Waals surface area contributed by atoms with E-state index in [0.29, 0.717) is 17.4 Å². The van der Waals surface area contributed by atoms with Crippen LogP contribution in [0.4, 0.5) is 0 Å². The van der Waals surface area contributed by atoms with E-state index in [1.54, 1.807) is 11.3 Å². The van der Waals surface area contributed by atoms with Gasteiger partial charge < -0.3 is 10.1 Å². The second kappa shape index (κ2) is 7.07. The topological polar surface area (TPSA) is 34.1 Å². The van der Waals surface area contributed by atoms with Gasteiger partial charge in [0.25, 0.3) is 0 Å². The van der Waals surface area contributed by atoms with Crippen LogP contribution in [0.1, 0.15) is 36.2 Å². The molecule has 0 aliphatic rings. The van der Waals surface area contributed by atoms with E-state index in [1.807, 2.05) is 30.6 Å². The number of hydrogen-bond acceptors (Lipinski definition) is 4. The molecule has 2 rings (SSSR count). The highest BCUT2D eigenvalue weighted by Crippen LogP contribution is 2.28. The van der Waals surface area contributed by atoms with Gasteiger partial charge in [0.15, 0.2) is 0 Å². The van der Waals surface area contributed by atoms with Crippen LogP contribution in [0.2, 0.25) is 5.02 Å². The molecule has 5 heteroatoms. The highest BCUT2D eigenvalue weighted by atomic mass is 35.5. The zero-order valence-corrected chi connectivity index (χ0v) is 13.5. The standard InChI is InChI=1S/C15H19ClN2OS/c1-4-15-18-12(9-20-15)8-19-14-6-5-11(7-13(14)16)10(2)17-3/h5-7,9-10,17H,4,8H2,1-3H3. The highest BCUT2D eigenvalue weighted by Gasteiger charge is 2.08. The van der Waals surface area contributed by atoms with Crippen LogP contribution >= 0.6 is 22.9 Å². The van der Waals surface area contributed by atoms with Crippen LogP contribution < -0.4 is 10.1 Å². The average molecular weight is 311 g/mol. The van der Waals surface area contributed by atoms with E-state index in [9.17, 15) is 0 Å². The molecule has 0 aliphatic carbocycles. The third-order valence-corrected chi connectivity index (χ3v) is 4.50. The van der Waals surface area contributed by atoms with Crippen LogP contribution in [0, 0.1) is 0 Å². The van der Waals surface area contributed by atoms with E-state index in [4.69, 9.17) is 16.3 Å². The van der Waals surface area contributed by atoms with Crippen molar-refractivity contribution < 1.29 is 4.74 Å². The molecule has 3 nitrogen and oxygen atoms in total. The molecule has 1 N–H and O–H groups in total. The molecule has 0 amide bonds. The Morgan fingerprint density at radius 3 is 2.85 bits per heavy atom. The maximum Gasteiger partial charge on any atom is 0.138 e. The van der Waals surface area contributed by atoms with Gasteiger partial charge in [0, 0.05) is 11.4 Å². The summed E-state index contributed by atoms with van der Waals surface area (Å²) in [5.74, 6) is 0.699. The number of aromatic nitrogens is 1. The molecular weight excluding hydrogens is 292 g/mol. The van der Waals surface area contributed by atoms with Crippen molar-refractivity contribution >= 4 is 22.9 Å². The smallest absolute Gasteiger partial charge is 0.138 e. The Kier molecular flexibility index (Phi) is 5.40. The van der Waals surface area contributed by atoms with Crippen LogP contribution in [0.5, 0.6) is 5.75 Å². The lowest BCUT2D eigenvalue weighted by molar-refractivity contribution is 0.302. The van der Waals surface area contributed by atoms with Crippen molar-refractivity contribution in [2.75, 3.05) is 7.05 Å². The van der Waals surface area contributed by atoms with E-state index in [-0.39, 0.29) is 6.04 Å². The van der Waals surface area contributed by atoms with Gasteiger partial charge in [-0.15, -0.1) is 11.3 Å². The molecule has 0 bridgehead atoms. The molecule has 20 heavy (non-hydrogen) atoms. The molecule has 0 fully saturated rings. The number of rotatable bonds is 6. The monoisotopic (exact) mass is 310 g/mol. The largest absolute Gasteiger partial charge is 0.486 e. The number of aryl methyl sites for hydroxylation is 1. The van der Waals surface area contributed by atoms with Crippen molar-refractivity contribution in [2.45, 2.75) is 32.9 Å². The number of benzene rings is 1. The Bertz CT molecular complexity index is 571. The summed E-state index contributed by atoms with van der Waals surface area (Å²) in [6.07, 6.45) is 0.960. The second-order valence-electron chi connectivity index (χ2n) is 4.58. The Morgan fingerprint density at radius 2 is 2.25 bits per heavy atom. The van der Waals surface area contributed by atoms with Crippen LogP contribution in [0.25, 0.3) is 0 Å². The van der Waals surface area contributed by atoms with Gasteiger partial charge in [0.2, 0.25) is 0 Å². The van der Waals surface area contributed by atoms with Crippen molar-refractivity contribution in [3.63, 3.8) is 0 Å². The van der Waals surface area contributed by atoms with Crippen LogP contribution in [-0.2, 0) is 13.0 Å². The predicted molar refractivity (Wildman–Crippen MR) is 84.8 cm³/mol. The van der Waals surface area contributed by atoms with Gasteiger partial charge in [-0.2, -0.15) is 0 Å². The summed E-state index contributed by atoms with van der Waals surface area (Å²) >= 11 is 7.92. The summed E-state index contributed by atoms with van der Waals surface area (Å²) < 4.78 is 5.74. The van der Waals surface area contributed by atoms with Crippen molar-refractivity contribution in [3.8, 4) is 5.75 Å². The molecule has 1 heterocycles. The van der Waals surface area contributed by atoms with E-state index in [2.05, 4.69) is 24.1 Å². The normalized spacial score (nSPS) is 12.4. The van der Waals surface area contributed by atoms with Crippen molar-refractivity contribution in [3.05, 3.63) is 44.9 Å². The minimum atomic E-state index is 0.271. The molecule has 0 radical (unpaired) electrons. The SMILES string of the molecule is CCc1nc(COc2ccc(C(C)NC)cc2Cl)cs1. The van der Waals surface area contributed by atoms with Gasteiger partial charge in [-0.25, -0.2) is 4.98 Å². The molecule has 108 valence electrons. The molecule has 1 unspecified atom stereocenters. The lowest BCUT2D eigenvalue weighted by Gasteiger charge is -2.13. The highest BCUT2D eigenvalue weighted by molar-refractivity contribution is 7.09. The molecular formula is C15H19ClN2OS. The maximum absolute atomic E-state index is 6.26. The van der Waals surface area contributed by atoms with Crippen molar-refractivity contribution in [1.29, 1.82) is 0 Å². The average Bonchev–Trinajstić information content (AvgIpc) is 2.93. The summed E-state index contributed by atoms with van der Waals surface area (Å²) in [5, 5.41) is 6.99. The maximum atomic E-state index is 6.26. The summed E-state index contributed by atoms with van der Waals surface area (Å²) in [5.41, 5.74) is 2.10. The molecule has 0 saturated carbocycles. The first-order chi connectivity index (χ1) is 9.63. The third-order valence-electron chi connectivity index (χ3n) is 3.17. The molecule has 2 aromatic rings. The molecule has 1 aromatic carbocycles. The fourth-order valence-corrected chi connectivity index (χ4v) is 2.77. The number of thiazole rings is 1. The number of halogens is 1. The first kappa shape index (κ1) is 15.3. The predicted octanol–water partition coefficient (Wildman–Crippen LogP) is 4.22. The summed E-state index contributed by atoms with van der Waals surface area (Å²) in [6.45, 7) is 4.65. The van der Waals surface area contributed by atoms with Crippen LogP contribution in [0.15, 0.2) is 23.6 Å². The van der Waals surface area contributed by atoms with Crippen LogP contribution in [-0.4, -0.2) is 12.0 Å². The van der Waals surface area contributed by atoms with Gasteiger partial charge in [0.05, 0.1) is 15.7 Å². The lowest BCUT2D eigenvalue weighted by Crippen LogP contribution is -2.12. The van der Waals surface area contributed by atoms with E-state index >= 15 is 0 Å². The first-order valence-corrected chi connectivity index (χ1v) is 7.92. The number of nitrogens with one attached hydrogen (secondary N) is 1. The van der Waals surface area contributed by atoms with Gasteiger partial charge in [-0.1, -0.05) is 24.6 Å². The second-order valence-corrected chi connectivity index (χ2v) is 5.92. The molecule has 0 spiro atoms. The lowest BCUT2D eigenvalue weighted by atomic mass is 10.1. The van der Waals surface area contributed by atoms with Crippen molar-refractivity contribution in [1.82, 2.24) is 10.3 Å². The first-order valence-electron chi connectivity index (χ1n) is 6.66. The minimum absolute atomic E-state index is 0.271. The minimum Gasteiger partial charge on any atom is -0.486 e. The molecule has 1 atom stereocenters. The van der Waals surface area contributed by atoms with Gasteiger partial charge in [-0.05, 0) is 38.1 Å². The Labute approximate surface area is 129 Å². The fourth-order valence-electron chi connectivity index (χ4n) is 1.80. The number of hydrogen-bond donors (Lipinski definition) is 1. The summed E-state index contributed by atoms with van der Waals surface area (Å²) in [4.78, 5) is 4.47. The Morgan fingerprint density at radius 1 is 1.45 bits per heavy atom. The molecule has 0 saturated heterocycles. The van der Waals surface area contributed by atoms with Gasteiger partial charge in [0.1, 0.15) is 12.4 Å². The number of ether oxygens (including phenoxy) is 1. The third kappa shape index (κ3) is 3.72.